The van der Waals surface area contributed by atoms with E-state index in [2.05, 4.69) is 5.32 Å². The van der Waals surface area contributed by atoms with Crippen LogP contribution in [0.15, 0.2) is 0 Å². The zero-order valence-corrected chi connectivity index (χ0v) is 8.66. The molecule has 0 aromatic heterocycles. The summed E-state index contributed by atoms with van der Waals surface area (Å²) in [7, 11) is 1.87. The van der Waals surface area contributed by atoms with Crippen molar-refractivity contribution >= 4 is 5.91 Å². The molecule has 4 nitrogen and oxygen atoms in total. The quantitative estimate of drug-likeness (QED) is 0.678. The predicted octanol–water partition coefficient (Wildman–Crippen LogP) is -0.0143. The number of likely N-dealkylation sites (N-methyl/N-ethyl adjacent to an activating group) is 1. The van der Waals surface area contributed by atoms with Crippen molar-refractivity contribution in [3.63, 3.8) is 0 Å². The Labute approximate surface area is 84.6 Å². The second kappa shape index (κ2) is 4.28. The maximum atomic E-state index is 11.6. The van der Waals surface area contributed by atoms with Gasteiger partial charge in [0.15, 0.2) is 0 Å². The normalized spacial score (nSPS) is 29.9. The highest BCUT2D eigenvalue weighted by Gasteiger charge is 2.30. The Morgan fingerprint density at radius 3 is 2.64 bits per heavy atom. The van der Waals surface area contributed by atoms with Crippen LogP contribution in [0, 0.1) is 0 Å². The summed E-state index contributed by atoms with van der Waals surface area (Å²) in [4.78, 5) is 13.4. The third-order valence-electron chi connectivity index (χ3n) is 3.09. The lowest BCUT2D eigenvalue weighted by Crippen LogP contribution is -2.45. The Balaban J connectivity index is 1.82. The molecule has 2 rings (SSSR count). The maximum absolute atomic E-state index is 11.6. The summed E-state index contributed by atoms with van der Waals surface area (Å²) in [6.45, 7) is 2.54. The van der Waals surface area contributed by atoms with Crippen molar-refractivity contribution in [2.45, 2.75) is 31.3 Å². The first-order chi connectivity index (χ1) is 6.77. The van der Waals surface area contributed by atoms with Gasteiger partial charge in [0.1, 0.15) is 0 Å². The maximum Gasteiger partial charge on any atom is 0.239 e. The average molecular weight is 198 g/mol. The standard InChI is InChI=1S/C10H18N2O2/c1-12-5-2-9(10(12)13)11-8-3-6-14-7-4-8/h8-9,11H,2-7H2,1H3/t9-/m0/s1. The SMILES string of the molecule is CN1CC[C@H](NC2CCOCC2)C1=O. The second-order valence-electron chi connectivity index (χ2n) is 4.15. The molecule has 2 aliphatic rings. The van der Waals surface area contributed by atoms with Crippen LogP contribution in [0.2, 0.25) is 0 Å². The van der Waals surface area contributed by atoms with Gasteiger partial charge in [-0.1, -0.05) is 0 Å². The Hall–Kier alpha value is -0.610. The van der Waals surface area contributed by atoms with Crippen molar-refractivity contribution in [1.29, 1.82) is 0 Å². The molecule has 2 aliphatic heterocycles. The van der Waals surface area contributed by atoms with Crippen molar-refractivity contribution in [1.82, 2.24) is 10.2 Å². The molecule has 4 heteroatoms. The number of rotatable bonds is 2. The number of ether oxygens (including phenoxy) is 1. The van der Waals surface area contributed by atoms with Crippen LogP contribution in [-0.4, -0.2) is 49.7 Å². The van der Waals surface area contributed by atoms with Gasteiger partial charge in [-0.25, -0.2) is 0 Å². The van der Waals surface area contributed by atoms with E-state index in [1.165, 1.54) is 0 Å². The molecule has 0 spiro atoms. The van der Waals surface area contributed by atoms with E-state index in [0.29, 0.717) is 6.04 Å². The number of carbonyl (C=O) groups excluding carboxylic acids is 1. The molecule has 0 bridgehead atoms. The van der Waals surface area contributed by atoms with Gasteiger partial charge in [0.2, 0.25) is 5.91 Å². The Morgan fingerprint density at radius 1 is 1.36 bits per heavy atom. The number of hydrogen-bond donors (Lipinski definition) is 1. The molecule has 14 heavy (non-hydrogen) atoms. The summed E-state index contributed by atoms with van der Waals surface area (Å²) in [6, 6.07) is 0.535. The third kappa shape index (κ3) is 2.07. The summed E-state index contributed by atoms with van der Waals surface area (Å²) in [5.74, 6) is 0.247. The number of carbonyl (C=O) groups is 1. The van der Waals surface area contributed by atoms with Crippen molar-refractivity contribution in [2.75, 3.05) is 26.8 Å². The van der Waals surface area contributed by atoms with Gasteiger partial charge in [-0.15, -0.1) is 0 Å². The molecule has 0 saturated carbocycles. The molecule has 2 fully saturated rings. The average Bonchev–Trinajstić information content (AvgIpc) is 2.52. The van der Waals surface area contributed by atoms with Gasteiger partial charge in [-0.3, -0.25) is 4.79 Å². The molecule has 0 aromatic rings. The first kappa shape index (κ1) is 9.93. The largest absolute Gasteiger partial charge is 0.381 e. The molecule has 0 unspecified atom stereocenters. The van der Waals surface area contributed by atoms with Crippen LogP contribution in [0.3, 0.4) is 0 Å². The monoisotopic (exact) mass is 198 g/mol. The topological polar surface area (TPSA) is 41.6 Å². The highest BCUT2D eigenvalue weighted by atomic mass is 16.5. The predicted molar refractivity (Wildman–Crippen MR) is 53.0 cm³/mol. The molecule has 2 saturated heterocycles. The first-order valence-electron chi connectivity index (χ1n) is 5.36. The highest BCUT2D eigenvalue weighted by molar-refractivity contribution is 5.83. The fourth-order valence-electron chi connectivity index (χ4n) is 2.13. The lowest BCUT2D eigenvalue weighted by Gasteiger charge is -2.25. The Kier molecular flexibility index (Phi) is 3.03. The number of nitrogens with zero attached hydrogens (tertiary/aromatic N) is 1. The van der Waals surface area contributed by atoms with Gasteiger partial charge in [0.25, 0.3) is 0 Å². The van der Waals surface area contributed by atoms with Gasteiger partial charge >= 0.3 is 0 Å². The van der Waals surface area contributed by atoms with Crippen LogP contribution in [-0.2, 0) is 9.53 Å². The van der Waals surface area contributed by atoms with Crippen molar-refractivity contribution < 1.29 is 9.53 Å². The molecule has 80 valence electrons. The minimum absolute atomic E-state index is 0.0584. The highest BCUT2D eigenvalue weighted by Crippen LogP contribution is 2.13. The van der Waals surface area contributed by atoms with E-state index in [4.69, 9.17) is 4.74 Å². The summed E-state index contributed by atoms with van der Waals surface area (Å²) >= 11 is 0. The van der Waals surface area contributed by atoms with Gasteiger partial charge in [0.05, 0.1) is 6.04 Å². The van der Waals surface area contributed by atoms with Crippen LogP contribution in [0.5, 0.6) is 0 Å². The summed E-state index contributed by atoms with van der Waals surface area (Å²) < 4.78 is 5.28. The van der Waals surface area contributed by atoms with E-state index in [0.717, 1.165) is 39.0 Å². The lowest BCUT2D eigenvalue weighted by molar-refractivity contribution is -0.128. The smallest absolute Gasteiger partial charge is 0.239 e. The minimum Gasteiger partial charge on any atom is -0.381 e. The number of likely N-dealkylation sites (tertiary alicyclic amines) is 1. The zero-order chi connectivity index (χ0) is 9.97. The van der Waals surface area contributed by atoms with Crippen LogP contribution >= 0.6 is 0 Å². The van der Waals surface area contributed by atoms with Crippen LogP contribution in [0.25, 0.3) is 0 Å². The zero-order valence-electron chi connectivity index (χ0n) is 8.66. The van der Waals surface area contributed by atoms with E-state index in [-0.39, 0.29) is 11.9 Å². The van der Waals surface area contributed by atoms with Crippen LogP contribution in [0.1, 0.15) is 19.3 Å². The first-order valence-corrected chi connectivity index (χ1v) is 5.36. The van der Waals surface area contributed by atoms with Gasteiger partial charge in [0, 0.05) is 32.8 Å². The van der Waals surface area contributed by atoms with E-state index >= 15 is 0 Å². The molecule has 2 heterocycles. The molecule has 0 aliphatic carbocycles. The molecular weight excluding hydrogens is 180 g/mol. The lowest BCUT2D eigenvalue weighted by atomic mass is 10.1. The van der Waals surface area contributed by atoms with Gasteiger partial charge in [-0.2, -0.15) is 0 Å². The molecule has 0 radical (unpaired) electrons. The number of amides is 1. The van der Waals surface area contributed by atoms with Gasteiger partial charge < -0.3 is 15.0 Å². The summed E-state index contributed by atoms with van der Waals surface area (Å²) in [5.41, 5.74) is 0. The fourth-order valence-corrected chi connectivity index (χ4v) is 2.13. The Morgan fingerprint density at radius 2 is 2.07 bits per heavy atom. The van der Waals surface area contributed by atoms with Crippen molar-refractivity contribution in [3.8, 4) is 0 Å². The van der Waals surface area contributed by atoms with Crippen molar-refractivity contribution in [3.05, 3.63) is 0 Å². The molecule has 1 N–H and O–H groups in total. The fraction of sp³-hybridized carbons (Fsp3) is 0.900. The molecular formula is C10H18N2O2. The van der Waals surface area contributed by atoms with E-state index in [1.807, 2.05) is 7.05 Å². The van der Waals surface area contributed by atoms with E-state index in [1.54, 1.807) is 4.90 Å². The summed E-state index contributed by atoms with van der Waals surface area (Å²) in [5, 5.41) is 3.43. The second-order valence-corrected chi connectivity index (χ2v) is 4.15. The molecule has 1 atom stereocenters. The summed E-state index contributed by atoms with van der Waals surface area (Å²) in [6.07, 6.45) is 3.02. The molecule has 0 aromatic carbocycles. The van der Waals surface area contributed by atoms with Crippen molar-refractivity contribution in [2.24, 2.45) is 0 Å². The van der Waals surface area contributed by atoms with Gasteiger partial charge in [-0.05, 0) is 19.3 Å². The number of nitrogens with one attached hydrogen (secondary N) is 1. The number of hydrogen-bond acceptors (Lipinski definition) is 3. The van der Waals surface area contributed by atoms with E-state index in [9.17, 15) is 4.79 Å². The third-order valence-corrected chi connectivity index (χ3v) is 3.09. The molecule has 1 amide bonds. The minimum atomic E-state index is 0.0584. The van der Waals surface area contributed by atoms with Crippen LogP contribution < -0.4 is 5.32 Å². The van der Waals surface area contributed by atoms with Crippen LogP contribution in [0.4, 0.5) is 0 Å². The van der Waals surface area contributed by atoms with E-state index < -0.39 is 0 Å². The Bertz CT molecular complexity index is 214.